The van der Waals surface area contributed by atoms with Gasteiger partial charge in [-0.3, -0.25) is 0 Å². The molecular formula is C14H13NO2. The van der Waals surface area contributed by atoms with E-state index in [0.717, 1.165) is 32.9 Å². The minimum atomic E-state index is 0.0440. The Bertz CT molecular complexity index is 627. The van der Waals surface area contributed by atoms with Gasteiger partial charge in [-0.2, -0.15) is 0 Å². The molecule has 2 aromatic carbocycles. The van der Waals surface area contributed by atoms with Crippen LogP contribution >= 0.6 is 0 Å². The lowest BCUT2D eigenvalue weighted by Crippen LogP contribution is -1.82. The van der Waals surface area contributed by atoms with Crippen LogP contribution in [0.1, 0.15) is 11.1 Å². The van der Waals surface area contributed by atoms with Gasteiger partial charge in [0.25, 0.3) is 0 Å². The molecule has 1 aromatic heterocycles. The van der Waals surface area contributed by atoms with Crippen LogP contribution in [-0.2, 0) is 13.2 Å². The first-order valence-corrected chi connectivity index (χ1v) is 5.57. The van der Waals surface area contributed by atoms with Crippen molar-refractivity contribution in [1.29, 1.82) is 0 Å². The lowest BCUT2D eigenvalue weighted by molar-refractivity contribution is 0.281. The molecule has 3 aromatic rings. The lowest BCUT2D eigenvalue weighted by Gasteiger charge is -1.98. The van der Waals surface area contributed by atoms with Crippen LogP contribution in [0, 0.1) is 0 Å². The highest BCUT2D eigenvalue weighted by Crippen LogP contribution is 2.27. The maximum Gasteiger partial charge on any atom is 0.0682 e. The highest BCUT2D eigenvalue weighted by molar-refractivity contribution is 6.07. The van der Waals surface area contributed by atoms with Crippen molar-refractivity contribution in [2.24, 2.45) is 0 Å². The molecule has 17 heavy (non-hydrogen) atoms. The fourth-order valence-electron chi connectivity index (χ4n) is 2.19. The molecule has 0 bridgehead atoms. The monoisotopic (exact) mass is 227 g/mol. The SMILES string of the molecule is OCc1ccc2[nH]c3ccc(CO)cc3c2c1. The van der Waals surface area contributed by atoms with E-state index in [4.69, 9.17) is 10.2 Å². The Morgan fingerprint density at radius 3 is 1.65 bits per heavy atom. The second-order valence-corrected chi connectivity index (χ2v) is 4.20. The van der Waals surface area contributed by atoms with Crippen LogP contribution in [0.3, 0.4) is 0 Å². The van der Waals surface area contributed by atoms with Gasteiger partial charge in [-0.15, -0.1) is 0 Å². The van der Waals surface area contributed by atoms with Crippen molar-refractivity contribution in [3.05, 3.63) is 47.5 Å². The summed E-state index contributed by atoms with van der Waals surface area (Å²) in [7, 11) is 0. The molecule has 86 valence electrons. The Labute approximate surface area is 98.3 Å². The zero-order chi connectivity index (χ0) is 11.8. The second kappa shape index (κ2) is 3.87. The van der Waals surface area contributed by atoms with Gasteiger partial charge in [0.05, 0.1) is 13.2 Å². The predicted molar refractivity (Wildman–Crippen MR) is 67.7 cm³/mol. The van der Waals surface area contributed by atoms with Crippen LogP contribution in [0.2, 0.25) is 0 Å². The number of aliphatic hydroxyl groups excluding tert-OH is 2. The molecule has 0 atom stereocenters. The third-order valence-electron chi connectivity index (χ3n) is 3.09. The molecule has 0 aliphatic carbocycles. The molecule has 0 aliphatic heterocycles. The molecule has 3 heteroatoms. The van der Waals surface area contributed by atoms with Crippen LogP contribution in [0.25, 0.3) is 21.8 Å². The summed E-state index contributed by atoms with van der Waals surface area (Å²) < 4.78 is 0. The van der Waals surface area contributed by atoms with Crippen molar-refractivity contribution in [3.63, 3.8) is 0 Å². The first-order chi connectivity index (χ1) is 8.31. The number of aromatic amines is 1. The van der Waals surface area contributed by atoms with Crippen molar-refractivity contribution >= 4 is 21.8 Å². The Balaban J connectivity index is 2.37. The third kappa shape index (κ3) is 1.60. The molecule has 1 heterocycles. The standard InChI is InChI=1S/C14H13NO2/c16-7-9-1-3-13-11(5-9)12-6-10(8-17)2-4-14(12)15-13/h1-6,15-17H,7-8H2. The van der Waals surface area contributed by atoms with Gasteiger partial charge < -0.3 is 15.2 Å². The number of aliphatic hydroxyl groups is 2. The van der Waals surface area contributed by atoms with E-state index >= 15 is 0 Å². The molecule has 0 saturated carbocycles. The molecule has 3 rings (SSSR count). The summed E-state index contributed by atoms with van der Waals surface area (Å²) in [4.78, 5) is 3.32. The van der Waals surface area contributed by atoms with E-state index in [1.54, 1.807) is 0 Å². The Hall–Kier alpha value is -1.84. The average molecular weight is 227 g/mol. The van der Waals surface area contributed by atoms with E-state index in [2.05, 4.69) is 4.98 Å². The van der Waals surface area contributed by atoms with Gasteiger partial charge in [0.15, 0.2) is 0 Å². The molecule has 3 N–H and O–H groups in total. The molecular weight excluding hydrogens is 214 g/mol. The van der Waals surface area contributed by atoms with Crippen LogP contribution in [0.5, 0.6) is 0 Å². The quantitative estimate of drug-likeness (QED) is 0.629. The largest absolute Gasteiger partial charge is 0.392 e. The van der Waals surface area contributed by atoms with Gasteiger partial charge in [0.2, 0.25) is 0 Å². The van der Waals surface area contributed by atoms with Crippen LogP contribution < -0.4 is 0 Å². The van der Waals surface area contributed by atoms with E-state index in [9.17, 15) is 0 Å². The fraction of sp³-hybridized carbons (Fsp3) is 0.143. The normalized spacial score (nSPS) is 11.4. The lowest BCUT2D eigenvalue weighted by atomic mass is 10.1. The molecule has 0 amide bonds. The average Bonchev–Trinajstić information content (AvgIpc) is 2.75. The summed E-state index contributed by atoms with van der Waals surface area (Å²) in [5.41, 5.74) is 3.89. The minimum Gasteiger partial charge on any atom is -0.392 e. The molecule has 0 radical (unpaired) electrons. The Morgan fingerprint density at radius 1 is 0.765 bits per heavy atom. The van der Waals surface area contributed by atoms with E-state index in [1.807, 2.05) is 36.4 Å². The second-order valence-electron chi connectivity index (χ2n) is 4.20. The van der Waals surface area contributed by atoms with Crippen LogP contribution in [0.15, 0.2) is 36.4 Å². The zero-order valence-corrected chi connectivity index (χ0v) is 9.27. The van der Waals surface area contributed by atoms with Gasteiger partial charge in [-0.05, 0) is 35.4 Å². The summed E-state index contributed by atoms with van der Waals surface area (Å²) in [5, 5.41) is 20.5. The van der Waals surface area contributed by atoms with Crippen molar-refractivity contribution in [3.8, 4) is 0 Å². The number of nitrogens with one attached hydrogen (secondary N) is 1. The van der Waals surface area contributed by atoms with Crippen LogP contribution in [-0.4, -0.2) is 15.2 Å². The van der Waals surface area contributed by atoms with E-state index in [0.29, 0.717) is 0 Å². The molecule has 3 nitrogen and oxygen atoms in total. The molecule has 0 fully saturated rings. The van der Waals surface area contributed by atoms with E-state index in [-0.39, 0.29) is 13.2 Å². The fourth-order valence-corrected chi connectivity index (χ4v) is 2.19. The molecule has 0 aliphatic rings. The predicted octanol–water partition coefficient (Wildman–Crippen LogP) is 2.31. The van der Waals surface area contributed by atoms with Crippen molar-refractivity contribution < 1.29 is 10.2 Å². The highest BCUT2D eigenvalue weighted by Gasteiger charge is 2.05. The van der Waals surface area contributed by atoms with Crippen molar-refractivity contribution in [2.75, 3.05) is 0 Å². The summed E-state index contributed by atoms with van der Waals surface area (Å²) >= 11 is 0. The summed E-state index contributed by atoms with van der Waals surface area (Å²) in [6.07, 6.45) is 0. The first-order valence-electron chi connectivity index (χ1n) is 5.57. The van der Waals surface area contributed by atoms with Crippen molar-refractivity contribution in [1.82, 2.24) is 4.98 Å². The number of fused-ring (bicyclic) bond motifs is 3. The number of H-pyrrole nitrogens is 1. The van der Waals surface area contributed by atoms with Crippen molar-refractivity contribution in [2.45, 2.75) is 13.2 Å². The van der Waals surface area contributed by atoms with E-state index < -0.39 is 0 Å². The summed E-state index contributed by atoms with van der Waals surface area (Å²) in [5.74, 6) is 0. The summed E-state index contributed by atoms with van der Waals surface area (Å²) in [6.45, 7) is 0.0879. The van der Waals surface area contributed by atoms with E-state index in [1.165, 1.54) is 0 Å². The van der Waals surface area contributed by atoms with Gasteiger partial charge >= 0.3 is 0 Å². The Morgan fingerprint density at radius 2 is 1.24 bits per heavy atom. The van der Waals surface area contributed by atoms with Gasteiger partial charge in [0, 0.05) is 21.8 Å². The maximum atomic E-state index is 9.16. The van der Waals surface area contributed by atoms with Gasteiger partial charge in [-0.1, -0.05) is 12.1 Å². The first kappa shape index (κ1) is 10.3. The summed E-state index contributed by atoms with van der Waals surface area (Å²) in [6, 6.07) is 11.7. The minimum absolute atomic E-state index is 0.0440. The highest BCUT2D eigenvalue weighted by atomic mass is 16.3. The number of benzene rings is 2. The van der Waals surface area contributed by atoms with Gasteiger partial charge in [-0.25, -0.2) is 0 Å². The van der Waals surface area contributed by atoms with Crippen LogP contribution in [0.4, 0.5) is 0 Å². The number of hydrogen-bond acceptors (Lipinski definition) is 2. The Kier molecular flexibility index (Phi) is 2.35. The maximum absolute atomic E-state index is 9.16. The molecule has 0 saturated heterocycles. The number of hydrogen-bond donors (Lipinski definition) is 3. The smallest absolute Gasteiger partial charge is 0.0682 e. The topological polar surface area (TPSA) is 56.2 Å². The molecule has 0 spiro atoms. The zero-order valence-electron chi connectivity index (χ0n) is 9.27. The van der Waals surface area contributed by atoms with Gasteiger partial charge in [0.1, 0.15) is 0 Å². The number of rotatable bonds is 2. The third-order valence-corrected chi connectivity index (χ3v) is 3.09. The molecule has 0 unspecified atom stereocenters. The number of aromatic nitrogens is 1.